The monoisotopic (exact) mass is 516 g/mol. The normalized spacial score (nSPS) is 15.6. The predicted octanol–water partition coefficient (Wildman–Crippen LogP) is 4.04. The molecule has 2 aromatic rings. The number of carbonyl (C=O) groups excluding carboxylic acids is 1. The highest BCUT2D eigenvalue weighted by atomic mass is 35.5. The van der Waals surface area contributed by atoms with Crippen molar-refractivity contribution in [3.05, 3.63) is 81.9 Å². The molecular weight excluding hydrogens is 490 g/mol. The van der Waals surface area contributed by atoms with Crippen LogP contribution < -0.4 is 16.3 Å². The number of hydrogen-bond acceptors (Lipinski definition) is 9. The number of hydrazone groups is 2. The summed E-state index contributed by atoms with van der Waals surface area (Å²) in [5, 5.41) is 17.5. The quantitative estimate of drug-likeness (QED) is 0.0711. The van der Waals surface area contributed by atoms with Gasteiger partial charge in [-0.1, -0.05) is 41.4 Å². The van der Waals surface area contributed by atoms with E-state index in [0.29, 0.717) is 11.5 Å². The van der Waals surface area contributed by atoms with E-state index < -0.39 is 5.78 Å². The molecule has 0 atom stereocenters. The number of amidine groups is 1. The molecular formula is C24H26ClN5O4S. The first kappa shape index (κ1) is 25.1. The molecule has 11 heteroatoms. The number of rotatable bonds is 10. The van der Waals surface area contributed by atoms with Crippen molar-refractivity contribution in [2.45, 2.75) is 25.7 Å². The summed E-state index contributed by atoms with van der Waals surface area (Å²) in [6, 6.07) is 11.3. The Bertz CT molecular complexity index is 1230. The van der Waals surface area contributed by atoms with Crippen LogP contribution in [0, 0.1) is 20.8 Å². The largest absolute Gasteiger partial charge is 0.395 e. The van der Waals surface area contributed by atoms with Gasteiger partial charge in [-0.25, -0.2) is 0 Å². The summed E-state index contributed by atoms with van der Waals surface area (Å²) in [7, 11) is 0. The zero-order valence-electron chi connectivity index (χ0n) is 20.4. The van der Waals surface area contributed by atoms with Crippen LogP contribution in [-0.4, -0.2) is 35.6 Å². The number of benzene rings is 2. The first-order chi connectivity index (χ1) is 17.3. The van der Waals surface area contributed by atoms with Crippen LogP contribution in [0.3, 0.4) is 0 Å². The molecule has 35 heavy (non-hydrogen) atoms. The Hall–Kier alpha value is -2.99. The minimum atomic E-state index is -0.431. The van der Waals surface area contributed by atoms with Gasteiger partial charge in [0.1, 0.15) is 5.71 Å². The molecule has 0 heterocycles. The fraction of sp³-hybridized carbons (Fsp3) is 0.208. The zero-order chi connectivity index (χ0) is 26.1. The average Bonchev–Trinajstić information content (AvgIpc) is 2.85. The van der Waals surface area contributed by atoms with E-state index in [-0.39, 0.29) is 29.9 Å². The van der Waals surface area contributed by atoms with Gasteiger partial charge < -0.3 is 5.11 Å². The van der Waals surface area contributed by atoms with Crippen LogP contribution in [0.25, 0.3) is 0 Å². The number of aliphatic hydroxyl groups excluding tert-OH is 1. The molecule has 0 radical (unpaired) electrons. The molecule has 184 valence electrons. The maximum absolute atomic E-state index is 12.2. The topological polar surface area (TPSA) is 117 Å². The molecule has 4 N–H and O–H groups in total. The van der Waals surface area contributed by atoms with E-state index in [4.69, 9.17) is 27.4 Å². The minimum absolute atomic E-state index is 0.0586. The number of allylic oxidation sites excluding steroid dienone is 4. The van der Waals surface area contributed by atoms with Crippen LogP contribution >= 0.6 is 23.6 Å². The molecule has 0 fully saturated rings. The number of halogens is 1. The predicted molar refractivity (Wildman–Crippen MR) is 139 cm³/mol. The van der Waals surface area contributed by atoms with Crippen molar-refractivity contribution < 1.29 is 20.6 Å². The fourth-order valence-electron chi connectivity index (χ4n) is 2.77. The van der Waals surface area contributed by atoms with E-state index in [1.54, 1.807) is 0 Å². The SMILES string of the molecule is [2H]C1=CC(=O)C(=NN/C(=N\Nc2cc(C)c(C)c(SOONCCO)c2)c2ccc(C)cc2)C=C1Cl. The number of hydroxylamine groups is 1. The molecule has 0 bridgehead atoms. The maximum Gasteiger partial charge on any atom is 0.206 e. The van der Waals surface area contributed by atoms with Gasteiger partial charge in [-0.05, 0) is 62.2 Å². The Kier molecular flexibility index (Phi) is 9.47. The second-order valence-corrected chi connectivity index (χ2v) is 8.61. The highest BCUT2D eigenvalue weighted by Crippen LogP contribution is 2.29. The molecule has 0 unspecified atom stereocenters. The summed E-state index contributed by atoms with van der Waals surface area (Å²) in [6.07, 6.45) is 2.45. The lowest BCUT2D eigenvalue weighted by atomic mass is 10.1. The van der Waals surface area contributed by atoms with E-state index in [1.165, 1.54) is 6.08 Å². The number of aliphatic hydroxyl groups is 1. The highest BCUT2D eigenvalue weighted by Gasteiger charge is 2.12. The Balaban J connectivity index is 1.83. The van der Waals surface area contributed by atoms with Gasteiger partial charge in [0.25, 0.3) is 0 Å². The fourth-order valence-corrected chi connectivity index (χ4v) is 3.55. The third-order valence-electron chi connectivity index (χ3n) is 4.81. The molecule has 0 spiro atoms. The summed E-state index contributed by atoms with van der Waals surface area (Å²) in [6.45, 7) is 6.06. The van der Waals surface area contributed by atoms with E-state index >= 15 is 0 Å². The Morgan fingerprint density at radius 3 is 2.74 bits per heavy atom. The van der Waals surface area contributed by atoms with Crippen LogP contribution in [0.4, 0.5) is 5.69 Å². The van der Waals surface area contributed by atoms with Crippen molar-refractivity contribution in [3.8, 4) is 0 Å². The molecule has 2 aromatic carbocycles. The van der Waals surface area contributed by atoms with Crippen LogP contribution in [0.2, 0.25) is 0 Å². The second-order valence-electron chi connectivity index (χ2n) is 7.46. The third-order valence-corrected chi connectivity index (χ3v) is 5.77. The molecule has 1 aliphatic rings. The molecule has 1 aliphatic carbocycles. The number of nitrogens with zero attached hydrogens (tertiary/aromatic N) is 2. The number of anilines is 1. The molecule has 0 aromatic heterocycles. The number of hydrogen-bond donors (Lipinski definition) is 4. The number of aryl methyl sites for hydroxylation is 2. The summed E-state index contributed by atoms with van der Waals surface area (Å²) in [4.78, 5) is 17.8. The van der Waals surface area contributed by atoms with Crippen LogP contribution in [0.1, 0.15) is 23.6 Å². The van der Waals surface area contributed by atoms with E-state index in [9.17, 15) is 4.79 Å². The van der Waals surface area contributed by atoms with Gasteiger partial charge in [0, 0.05) is 22.0 Å². The van der Waals surface area contributed by atoms with E-state index in [1.807, 2.05) is 57.2 Å². The molecule has 0 saturated heterocycles. The van der Waals surface area contributed by atoms with Crippen molar-refractivity contribution in [1.82, 2.24) is 10.9 Å². The van der Waals surface area contributed by atoms with E-state index in [2.05, 4.69) is 26.5 Å². The van der Waals surface area contributed by atoms with Crippen molar-refractivity contribution in [3.63, 3.8) is 0 Å². The van der Waals surface area contributed by atoms with E-state index in [0.717, 1.165) is 45.3 Å². The maximum atomic E-state index is 12.2. The van der Waals surface area contributed by atoms with Crippen LogP contribution in [-0.2, 0) is 14.1 Å². The Morgan fingerprint density at radius 2 is 2.00 bits per heavy atom. The van der Waals surface area contributed by atoms with Gasteiger partial charge in [0.2, 0.25) is 5.78 Å². The smallest absolute Gasteiger partial charge is 0.206 e. The third kappa shape index (κ3) is 8.03. The zero-order valence-corrected chi connectivity index (χ0v) is 21.0. The molecule has 3 rings (SSSR count). The molecule has 0 saturated carbocycles. The van der Waals surface area contributed by atoms with Gasteiger partial charge >= 0.3 is 0 Å². The Morgan fingerprint density at radius 1 is 1.23 bits per heavy atom. The van der Waals surface area contributed by atoms with Gasteiger partial charge in [-0.2, -0.15) is 15.7 Å². The van der Waals surface area contributed by atoms with Crippen LogP contribution in [0.15, 0.2) is 74.7 Å². The van der Waals surface area contributed by atoms with Crippen molar-refractivity contribution >= 4 is 46.7 Å². The summed E-state index contributed by atoms with van der Waals surface area (Å²) in [5.41, 5.74) is 12.9. The first-order valence-electron chi connectivity index (χ1n) is 11.1. The lowest BCUT2D eigenvalue weighted by molar-refractivity contribution is -0.245. The minimum Gasteiger partial charge on any atom is -0.395 e. The van der Waals surface area contributed by atoms with Gasteiger partial charge in [0.05, 0.1) is 25.7 Å². The molecule has 0 amide bonds. The summed E-state index contributed by atoms with van der Waals surface area (Å²) >= 11 is 7.01. The molecule has 9 nitrogen and oxygen atoms in total. The van der Waals surface area contributed by atoms with Gasteiger partial charge in [-0.15, -0.1) is 9.32 Å². The average molecular weight is 517 g/mol. The summed E-state index contributed by atoms with van der Waals surface area (Å²) in [5.74, 6) is -0.0691. The van der Waals surface area contributed by atoms with Crippen molar-refractivity contribution in [1.29, 1.82) is 0 Å². The van der Waals surface area contributed by atoms with Crippen LogP contribution in [0.5, 0.6) is 0 Å². The lowest BCUT2D eigenvalue weighted by Gasteiger charge is -2.12. The van der Waals surface area contributed by atoms with Crippen molar-refractivity contribution in [2.75, 3.05) is 18.6 Å². The standard InChI is InChI=1S/C24H26ClN5O4S/c1-15-4-6-18(7-5-15)24(30-28-21-13-19(25)8-9-22(21)32)29-27-20-12-16(2)17(3)23(14-20)35-34-33-26-10-11-31/h4-9,12-14,26-27,31H,10-11H2,1-3H3,(H,29,30)/i8D. The number of ketones is 1. The Labute approximate surface area is 214 Å². The number of nitrogens with one attached hydrogen (secondary N) is 3. The highest BCUT2D eigenvalue weighted by molar-refractivity contribution is 7.94. The van der Waals surface area contributed by atoms with Gasteiger partial charge in [0.15, 0.2) is 5.84 Å². The van der Waals surface area contributed by atoms with Crippen molar-refractivity contribution in [2.24, 2.45) is 10.2 Å². The summed E-state index contributed by atoms with van der Waals surface area (Å²) < 4.78 is 12.7. The molecule has 0 aliphatic heterocycles. The second kappa shape index (κ2) is 13.2. The first-order valence-corrected chi connectivity index (χ1v) is 11.7. The lowest BCUT2D eigenvalue weighted by Crippen LogP contribution is -2.24. The number of carbonyl (C=O) groups is 1. The van der Waals surface area contributed by atoms with Gasteiger partial charge in [-0.3, -0.25) is 15.6 Å².